The second-order valence-electron chi connectivity index (χ2n) is 7.59. The minimum absolute atomic E-state index is 0.194. The van der Waals surface area contributed by atoms with Crippen molar-refractivity contribution in [2.45, 2.75) is 18.9 Å². The lowest BCUT2D eigenvalue weighted by Gasteiger charge is -2.34. The van der Waals surface area contributed by atoms with E-state index in [0.717, 1.165) is 31.7 Å². The van der Waals surface area contributed by atoms with E-state index in [-0.39, 0.29) is 11.9 Å². The van der Waals surface area contributed by atoms with Gasteiger partial charge >= 0.3 is 6.03 Å². The van der Waals surface area contributed by atoms with Crippen molar-refractivity contribution in [1.82, 2.24) is 10.2 Å². The van der Waals surface area contributed by atoms with Gasteiger partial charge in [0.1, 0.15) is 5.54 Å². The number of anilines is 1. The summed E-state index contributed by atoms with van der Waals surface area (Å²) in [6.45, 7) is 5.79. The summed E-state index contributed by atoms with van der Waals surface area (Å²) in [6, 6.07) is 11.0. The summed E-state index contributed by atoms with van der Waals surface area (Å²) in [6.07, 6.45) is 4.31. The van der Waals surface area contributed by atoms with E-state index in [0.29, 0.717) is 18.1 Å². The largest absolute Gasteiger partial charge is 0.360 e. The molecular formula is C21H26ClN5O2+2. The molecule has 8 heteroatoms. The van der Waals surface area contributed by atoms with Crippen LogP contribution in [0.3, 0.4) is 0 Å². The molecule has 0 saturated carbocycles. The average Bonchev–Trinajstić information content (AvgIpc) is 3.00. The standard InChI is InChI=1S/C21H24ClN5O2/c1-2-21(16-4-3-5-17(22)14-16)19(28)27(20(29)24-21)15-25-10-12-26(13-11-25)18-6-8-23-9-7-18/h3-9,14H,2,10-13,15H2,1H3,(H,24,29)/p+2/t21-/m0/s1. The summed E-state index contributed by atoms with van der Waals surface area (Å²) in [4.78, 5) is 34.0. The molecule has 2 fully saturated rings. The van der Waals surface area contributed by atoms with Crippen molar-refractivity contribution in [3.05, 3.63) is 59.4 Å². The van der Waals surface area contributed by atoms with E-state index in [1.165, 1.54) is 15.5 Å². The fraction of sp³-hybridized carbons (Fsp3) is 0.381. The average molecular weight is 416 g/mol. The molecule has 2 saturated heterocycles. The van der Waals surface area contributed by atoms with Crippen LogP contribution in [0, 0.1) is 0 Å². The second-order valence-corrected chi connectivity index (χ2v) is 8.02. The number of piperazine rings is 1. The van der Waals surface area contributed by atoms with Crippen molar-refractivity contribution < 1.29 is 19.5 Å². The molecular weight excluding hydrogens is 390 g/mol. The number of aromatic amines is 1. The third kappa shape index (κ3) is 3.68. The van der Waals surface area contributed by atoms with Crippen molar-refractivity contribution in [3.8, 4) is 0 Å². The lowest BCUT2D eigenvalue weighted by Crippen LogP contribution is -3.16. The molecule has 3 N–H and O–H groups in total. The zero-order valence-corrected chi connectivity index (χ0v) is 17.2. The van der Waals surface area contributed by atoms with Crippen molar-refractivity contribution in [2.75, 3.05) is 37.7 Å². The fourth-order valence-electron chi connectivity index (χ4n) is 4.21. The molecule has 3 heterocycles. The monoisotopic (exact) mass is 415 g/mol. The Morgan fingerprint density at radius 2 is 1.90 bits per heavy atom. The number of amides is 3. The van der Waals surface area contributed by atoms with Gasteiger partial charge in [0.25, 0.3) is 5.91 Å². The zero-order valence-electron chi connectivity index (χ0n) is 16.5. The molecule has 0 aliphatic carbocycles. The Morgan fingerprint density at radius 3 is 2.55 bits per heavy atom. The molecule has 0 radical (unpaired) electrons. The van der Waals surface area contributed by atoms with E-state index in [1.54, 1.807) is 12.1 Å². The van der Waals surface area contributed by atoms with Crippen LogP contribution in [0.5, 0.6) is 0 Å². The number of hydrogen-bond acceptors (Lipinski definition) is 3. The van der Waals surface area contributed by atoms with Gasteiger partial charge in [0.15, 0.2) is 19.1 Å². The van der Waals surface area contributed by atoms with Gasteiger partial charge in [0, 0.05) is 22.8 Å². The third-order valence-electron chi connectivity index (χ3n) is 5.94. The Labute approximate surface area is 175 Å². The van der Waals surface area contributed by atoms with E-state index in [9.17, 15) is 9.59 Å². The van der Waals surface area contributed by atoms with Crippen LogP contribution in [0.15, 0.2) is 48.8 Å². The van der Waals surface area contributed by atoms with Gasteiger partial charge in [-0.1, -0.05) is 30.7 Å². The highest BCUT2D eigenvalue weighted by Gasteiger charge is 2.52. The van der Waals surface area contributed by atoms with E-state index >= 15 is 0 Å². The highest BCUT2D eigenvalue weighted by Crippen LogP contribution is 2.33. The maximum absolute atomic E-state index is 13.3. The number of benzene rings is 1. The molecule has 152 valence electrons. The smallest absolute Gasteiger partial charge is 0.329 e. The number of hydrogen-bond donors (Lipinski definition) is 2. The molecule has 3 amide bonds. The van der Waals surface area contributed by atoms with Crippen molar-refractivity contribution in [3.63, 3.8) is 0 Å². The lowest BCUT2D eigenvalue weighted by molar-refractivity contribution is -0.907. The third-order valence-corrected chi connectivity index (χ3v) is 6.18. The molecule has 1 atom stereocenters. The summed E-state index contributed by atoms with van der Waals surface area (Å²) in [7, 11) is 0. The van der Waals surface area contributed by atoms with E-state index < -0.39 is 5.54 Å². The molecule has 0 unspecified atom stereocenters. The minimum Gasteiger partial charge on any atom is -0.360 e. The van der Waals surface area contributed by atoms with Gasteiger partial charge in [-0.15, -0.1) is 0 Å². The molecule has 0 spiro atoms. The fourth-order valence-corrected chi connectivity index (χ4v) is 4.41. The van der Waals surface area contributed by atoms with Crippen LogP contribution in [0.1, 0.15) is 18.9 Å². The molecule has 1 aromatic heterocycles. The number of rotatable bonds is 5. The number of carbonyl (C=O) groups is 2. The predicted molar refractivity (Wildman–Crippen MR) is 110 cm³/mol. The number of nitrogens with zero attached hydrogens (tertiary/aromatic N) is 2. The van der Waals surface area contributed by atoms with Crippen molar-refractivity contribution in [2.24, 2.45) is 0 Å². The number of H-pyrrole nitrogens is 1. The number of pyridine rings is 1. The maximum atomic E-state index is 13.3. The quantitative estimate of drug-likeness (QED) is 0.705. The van der Waals surface area contributed by atoms with E-state index in [1.807, 2.05) is 31.5 Å². The van der Waals surface area contributed by atoms with Crippen LogP contribution in [0.25, 0.3) is 0 Å². The summed E-state index contributed by atoms with van der Waals surface area (Å²) in [5.74, 6) is -0.194. The normalized spacial score (nSPS) is 22.8. The SMILES string of the molecule is CC[C@@]1(c2cccc(Cl)c2)NC(=O)N(C[NH+]2CCN(c3cc[nH+]cc3)CC2)C1=O. The number of halogens is 1. The molecule has 0 bridgehead atoms. The number of urea groups is 1. The van der Waals surface area contributed by atoms with Crippen molar-refractivity contribution in [1.29, 1.82) is 0 Å². The van der Waals surface area contributed by atoms with Crippen LogP contribution < -0.4 is 20.1 Å². The molecule has 2 aliphatic rings. The predicted octanol–water partition coefficient (Wildman–Crippen LogP) is 0.674. The van der Waals surface area contributed by atoms with Gasteiger partial charge in [-0.05, 0) is 24.1 Å². The van der Waals surface area contributed by atoms with Gasteiger partial charge in [0.2, 0.25) is 0 Å². The lowest BCUT2D eigenvalue weighted by atomic mass is 9.87. The highest BCUT2D eigenvalue weighted by molar-refractivity contribution is 6.30. The Hall–Kier alpha value is -2.64. The first kappa shape index (κ1) is 19.7. The molecule has 1 aromatic carbocycles. The van der Waals surface area contributed by atoms with Crippen LogP contribution in [-0.4, -0.2) is 49.7 Å². The number of carbonyl (C=O) groups excluding carboxylic acids is 2. The Balaban J connectivity index is 1.45. The van der Waals surface area contributed by atoms with Crippen LogP contribution in [-0.2, 0) is 10.3 Å². The van der Waals surface area contributed by atoms with E-state index in [4.69, 9.17) is 11.6 Å². The zero-order chi connectivity index (χ0) is 20.4. The molecule has 2 aromatic rings. The molecule has 29 heavy (non-hydrogen) atoms. The molecule has 4 rings (SSSR count). The summed E-state index contributed by atoms with van der Waals surface area (Å²) in [5.41, 5.74) is 0.877. The number of quaternary nitrogens is 1. The highest BCUT2D eigenvalue weighted by atomic mass is 35.5. The van der Waals surface area contributed by atoms with Crippen LogP contribution in [0.4, 0.5) is 10.5 Å². The Morgan fingerprint density at radius 1 is 1.17 bits per heavy atom. The summed E-state index contributed by atoms with van der Waals surface area (Å²) in [5, 5.41) is 3.49. The first-order valence-corrected chi connectivity index (χ1v) is 10.4. The van der Waals surface area contributed by atoms with Gasteiger partial charge in [-0.3, -0.25) is 4.79 Å². The van der Waals surface area contributed by atoms with Gasteiger partial charge < -0.3 is 15.1 Å². The summed E-state index contributed by atoms with van der Waals surface area (Å²) < 4.78 is 0. The number of imide groups is 1. The van der Waals surface area contributed by atoms with Crippen LogP contribution in [0.2, 0.25) is 5.02 Å². The first-order chi connectivity index (χ1) is 14.0. The Bertz CT molecular complexity index is 901. The number of aromatic nitrogens is 1. The molecule has 7 nitrogen and oxygen atoms in total. The van der Waals surface area contributed by atoms with E-state index in [2.05, 4.69) is 27.3 Å². The molecule has 2 aliphatic heterocycles. The van der Waals surface area contributed by atoms with Gasteiger partial charge in [0.05, 0.1) is 26.2 Å². The van der Waals surface area contributed by atoms with Gasteiger partial charge in [-0.2, -0.15) is 0 Å². The summed E-state index contributed by atoms with van der Waals surface area (Å²) >= 11 is 6.13. The first-order valence-electron chi connectivity index (χ1n) is 9.98. The topological polar surface area (TPSA) is 71.2 Å². The number of nitrogens with one attached hydrogen (secondary N) is 3. The van der Waals surface area contributed by atoms with Gasteiger partial charge in [-0.25, -0.2) is 14.7 Å². The van der Waals surface area contributed by atoms with Crippen molar-refractivity contribution >= 4 is 29.2 Å². The Kier molecular flexibility index (Phi) is 5.43. The minimum atomic E-state index is -1.04. The second kappa shape index (κ2) is 8.00. The maximum Gasteiger partial charge on any atom is 0.329 e. The van der Waals surface area contributed by atoms with Crippen LogP contribution >= 0.6 is 11.6 Å².